The lowest BCUT2D eigenvalue weighted by molar-refractivity contribution is -0.121. The molecule has 0 aliphatic carbocycles. The summed E-state index contributed by atoms with van der Waals surface area (Å²) in [7, 11) is 0. The Hall–Kier alpha value is -1.40. The average Bonchev–Trinajstić information content (AvgIpc) is 2.92. The molecule has 2 N–H and O–H groups in total. The molecule has 2 heterocycles. The van der Waals surface area contributed by atoms with Crippen molar-refractivity contribution in [2.45, 2.75) is 26.8 Å². The maximum Gasteiger partial charge on any atom is 0.221 e. The van der Waals surface area contributed by atoms with E-state index in [1.54, 1.807) is 11.3 Å². The second-order valence-electron chi connectivity index (χ2n) is 4.95. The summed E-state index contributed by atoms with van der Waals surface area (Å²) in [6.07, 6.45) is 4.52. The van der Waals surface area contributed by atoms with Crippen molar-refractivity contribution in [3.05, 3.63) is 23.5 Å². The van der Waals surface area contributed by atoms with E-state index in [0.717, 1.165) is 17.2 Å². The van der Waals surface area contributed by atoms with E-state index in [9.17, 15) is 4.79 Å². The zero-order valence-electron chi connectivity index (χ0n) is 11.3. The molecule has 0 radical (unpaired) electrons. The van der Waals surface area contributed by atoms with E-state index in [1.165, 1.54) is 0 Å². The van der Waals surface area contributed by atoms with Crippen LogP contribution in [0.5, 0.6) is 0 Å². The summed E-state index contributed by atoms with van der Waals surface area (Å²) in [5.41, 5.74) is 1.01. The molecule has 0 aliphatic heterocycles. The van der Waals surface area contributed by atoms with Crippen molar-refractivity contribution < 1.29 is 4.79 Å². The smallest absolute Gasteiger partial charge is 0.221 e. The van der Waals surface area contributed by atoms with Crippen molar-refractivity contribution in [1.29, 1.82) is 0 Å². The topological polar surface area (TPSA) is 58.4 Å². The lowest BCUT2D eigenvalue weighted by Crippen LogP contribution is -2.30. The van der Waals surface area contributed by atoms with E-state index >= 15 is 0 Å². The number of nitrogens with one attached hydrogen (secondary N) is 2. The Balaban J connectivity index is 1.64. The second-order valence-corrected chi connectivity index (χ2v) is 5.82. The molecular weight excluding hydrogens is 260 g/mol. The molecular formula is C13H20N4OS. The maximum atomic E-state index is 11.5. The minimum Gasteiger partial charge on any atom is -0.356 e. The van der Waals surface area contributed by atoms with Crippen LogP contribution in [0.2, 0.25) is 0 Å². The molecule has 0 spiro atoms. The molecule has 0 fully saturated rings. The van der Waals surface area contributed by atoms with E-state index in [1.807, 2.05) is 22.2 Å². The van der Waals surface area contributed by atoms with Gasteiger partial charge >= 0.3 is 0 Å². The molecule has 19 heavy (non-hydrogen) atoms. The number of nitrogens with zero attached hydrogens (tertiary/aromatic N) is 2. The van der Waals surface area contributed by atoms with E-state index in [0.29, 0.717) is 25.4 Å². The van der Waals surface area contributed by atoms with Gasteiger partial charge in [-0.25, -0.2) is 4.98 Å². The van der Waals surface area contributed by atoms with Gasteiger partial charge in [0, 0.05) is 43.8 Å². The van der Waals surface area contributed by atoms with E-state index in [4.69, 9.17) is 0 Å². The van der Waals surface area contributed by atoms with Gasteiger partial charge in [-0.05, 0) is 5.92 Å². The van der Waals surface area contributed by atoms with Crippen molar-refractivity contribution in [1.82, 2.24) is 20.0 Å². The zero-order chi connectivity index (χ0) is 13.7. The van der Waals surface area contributed by atoms with Crippen LogP contribution in [0.1, 0.15) is 26.0 Å². The van der Waals surface area contributed by atoms with Gasteiger partial charge in [0.25, 0.3) is 0 Å². The fourth-order valence-electron chi connectivity index (χ4n) is 1.69. The highest BCUT2D eigenvalue weighted by Crippen LogP contribution is 2.10. The number of rotatable bonds is 7. The van der Waals surface area contributed by atoms with E-state index < -0.39 is 0 Å². The number of thiazole rings is 1. The monoisotopic (exact) mass is 280 g/mol. The molecule has 0 bridgehead atoms. The molecule has 2 rings (SSSR count). The molecule has 5 nitrogen and oxygen atoms in total. The van der Waals surface area contributed by atoms with Crippen molar-refractivity contribution in [2.24, 2.45) is 5.92 Å². The fraction of sp³-hybridized carbons (Fsp3) is 0.538. The number of carbonyl (C=O) groups is 1. The van der Waals surface area contributed by atoms with E-state index in [2.05, 4.69) is 29.5 Å². The third kappa shape index (κ3) is 4.33. The Kier molecular flexibility index (Phi) is 4.93. The van der Waals surface area contributed by atoms with Gasteiger partial charge in [-0.2, -0.15) is 0 Å². The number of amides is 1. The summed E-state index contributed by atoms with van der Waals surface area (Å²) < 4.78 is 2.01. The summed E-state index contributed by atoms with van der Waals surface area (Å²) in [5, 5.41) is 8.15. The number of carbonyl (C=O) groups excluding carboxylic acids is 1. The lowest BCUT2D eigenvalue weighted by atomic mass is 10.2. The highest BCUT2D eigenvalue weighted by molar-refractivity contribution is 7.15. The van der Waals surface area contributed by atoms with Crippen LogP contribution >= 0.6 is 11.3 Å². The van der Waals surface area contributed by atoms with E-state index in [-0.39, 0.29) is 5.91 Å². The molecule has 2 aromatic rings. The predicted molar refractivity (Wildman–Crippen MR) is 77.2 cm³/mol. The highest BCUT2D eigenvalue weighted by atomic mass is 32.1. The van der Waals surface area contributed by atoms with Crippen LogP contribution < -0.4 is 10.6 Å². The first-order valence-corrected chi connectivity index (χ1v) is 7.41. The van der Waals surface area contributed by atoms with Crippen LogP contribution in [0.15, 0.2) is 17.8 Å². The first-order chi connectivity index (χ1) is 9.15. The number of hydrogen-bond donors (Lipinski definition) is 2. The van der Waals surface area contributed by atoms with Crippen molar-refractivity contribution in [3.63, 3.8) is 0 Å². The molecule has 0 unspecified atom stereocenters. The van der Waals surface area contributed by atoms with Crippen LogP contribution in [0.4, 0.5) is 0 Å². The normalized spacial score (nSPS) is 11.3. The summed E-state index contributed by atoms with van der Waals surface area (Å²) >= 11 is 1.62. The number of aromatic nitrogens is 2. The van der Waals surface area contributed by atoms with Gasteiger partial charge in [-0.15, -0.1) is 11.3 Å². The molecule has 0 saturated heterocycles. The Bertz CT molecular complexity index is 503. The van der Waals surface area contributed by atoms with Crippen molar-refractivity contribution >= 4 is 22.2 Å². The van der Waals surface area contributed by atoms with Crippen LogP contribution in [0, 0.1) is 5.92 Å². The molecule has 1 amide bonds. The first kappa shape index (κ1) is 14.0. The molecule has 104 valence electrons. The fourth-order valence-corrected chi connectivity index (χ4v) is 2.40. The second kappa shape index (κ2) is 6.68. The molecule has 2 aromatic heterocycles. The van der Waals surface area contributed by atoms with Gasteiger partial charge < -0.3 is 10.6 Å². The average molecular weight is 280 g/mol. The summed E-state index contributed by atoms with van der Waals surface area (Å²) in [6.45, 7) is 6.29. The molecule has 0 aliphatic rings. The molecule has 0 aromatic carbocycles. The van der Waals surface area contributed by atoms with Gasteiger partial charge in [0.2, 0.25) is 5.91 Å². The lowest BCUT2D eigenvalue weighted by Gasteiger charge is -2.07. The van der Waals surface area contributed by atoms with Gasteiger partial charge in [0.05, 0.1) is 5.69 Å². The summed E-state index contributed by atoms with van der Waals surface area (Å²) in [6, 6.07) is 0. The summed E-state index contributed by atoms with van der Waals surface area (Å²) in [4.78, 5) is 17.0. The third-order valence-corrected chi connectivity index (χ3v) is 3.46. The minimum absolute atomic E-state index is 0.104. The summed E-state index contributed by atoms with van der Waals surface area (Å²) in [5.74, 6) is 0.599. The van der Waals surface area contributed by atoms with Gasteiger partial charge in [-0.3, -0.25) is 9.20 Å². The Morgan fingerprint density at radius 3 is 3.11 bits per heavy atom. The number of hydrogen-bond acceptors (Lipinski definition) is 4. The number of fused-ring (bicyclic) bond motifs is 1. The SMILES string of the molecule is CC(C)CNC(=O)CCNCc1cn2ccsc2n1. The van der Waals surface area contributed by atoms with Gasteiger partial charge in [0.1, 0.15) is 0 Å². The predicted octanol–water partition coefficient (Wildman–Crippen LogP) is 1.65. The van der Waals surface area contributed by atoms with Gasteiger partial charge in [0.15, 0.2) is 4.96 Å². The molecule has 0 atom stereocenters. The van der Waals surface area contributed by atoms with Gasteiger partial charge in [-0.1, -0.05) is 13.8 Å². The molecule has 6 heteroatoms. The van der Waals surface area contributed by atoms with Crippen molar-refractivity contribution in [2.75, 3.05) is 13.1 Å². The number of imidazole rings is 1. The molecule has 0 saturated carbocycles. The Morgan fingerprint density at radius 2 is 2.37 bits per heavy atom. The largest absolute Gasteiger partial charge is 0.356 e. The van der Waals surface area contributed by atoms with Crippen LogP contribution in [-0.2, 0) is 11.3 Å². The van der Waals surface area contributed by atoms with Crippen LogP contribution in [0.3, 0.4) is 0 Å². The third-order valence-electron chi connectivity index (χ3n) is 2.69. The highest BCUT2D eigenvalue weighted by Gasteiger charge is 2.04. The van der Waals surface area contributed by atoms with Crippen molar-refractivity contribution in [3.8, 4) is 0 Å². The zero-order valence-corrected chi connectivity index (χ0v) is 12.2. The standard InChI is InChI=1S/C13H20N4OS/c1-10(2)7-15-12(18)3-4-14-8-11-9-17-5-6-19-13(17)16-11/h5-6,9-10,14H,3-4,7-8H2,1-2H3,(H,15,18). The maximum absolute atomic E-state index is 11.5. The Labute approximate surface area is 117 Å². The quantitative estimate of drug-likeness (QED) is 0.758. The Morgan fingerprint density at radius 1 is 1.53 bits per heavy atom. The van der Waals surface area contributed by atoms with Crippen LogP contribution in [0.25, 0.3) is 4.96 Å². The van der Waals surface area contributed by atoms with Crippen LogP contribution in [-0.4, -0.2) is 28.4 Å². The minimum atomic E-state index is 0.104. The first-order valence-electron chi connectivity index (χ1n) is 6.53.